The van der Waals surface area contributed by atoms with Gasteiger partial charge in [-0.25, -0.2) is 4.39 Å². The molecule has 3 atom stereocenters. The van der Waals surface area contributed by atoms with Gasteiger partial charge in [-0.05, 0) is 109 Å². The summed E-state index contributed by atoms with van der Waals surface area (Å²) in [6, 6.07) is 21.4. The Morgan fingerprint density at radius 3 is 2.29 bits per heavy atom. The molecular formula is C52H53F4N7O7S2. The van der Waals surface area contributed by atoms with Crippen LogP contribution in [-0.2, 0) is 36.6 Å². The summed E-state index contributed by atoms with van der Waals surface area (Å²) < 4.78 is 68.7. The minimum atomic E-state index is -4.87. The van der Waals surface area contributed by atoms with Crippen LogP contribution in [0.15, 0.2) is 96.6 Å². The number of alkyl halides is 3. The number of anilines is 2. The van der Waals surface area contributed by atoms with E-state index in [0.717, 1.165) is 27.0 Å². The van der Waals surface area contributed by atoms with E-state index in [-0.39, 0.29) is 49.2 Å². The van der Waals surface area contributed by atoms with Crippen molar-refractivity contribution >= 4 is 63.7 Å². The quantitative estimate of drug-likeness (QED) is 0.0463. The fourth-order valence-corrected chi connectivity index (χ4v) is 9.62. The van der Waals surface area contributed by atoms with Crippen molar-refractivity contribution in [3.63, 3.8) is 0 Å². The zero-order chi connectivity index (χ0) is 52.1. The number of hydrogen-bond donors (Lipinski definition) is 3. The van der Waals surface area contributed by atoms with E-state index in [0.29, 0.717) is 42.4 Å². The van der Waals surface area contributed by atoms with Gasteiger partial charge in [0, 0.05) is 32.3 Å². The Hall–Kier alpha value is -6.79. The van der Waals surface area contributed by atoms with E-state index < -0.39 is 75.9 Å². The van der Waals surface area contributed by atoms with Crippen molar-refractivity contribution in [2.24, 2.45) is 5.41 Å². The Kier molecular flexibility index (Phi) is 16.1. The molecule has 3 N–H and O–H groups in total. The zero-order valence-corrected chi connectivity index (χ0v) is 41.7. The second kappa shape index (κ2) is 21.9. The maximum absolute atomic E-state index is 15.9. The van der Waals surface area contributed by atoms with Crippen molar-refractivity contribution in [1.82, 2.24) is 20.5 Å². The molecule has 2 aliphatic rings. The molecule has 14 nitrogen and oxygen atoms in total. The van der Waals surface area contributed by atoms with Gasteiger partial charge in [0.2, 0.25) is 17.7 Å². The van der Waals surface area contributed by atoms with Crippen molar-refractivity contribution in [3.05, 3.63) is 119 Å². The highest BCUT2D eigenvalue weighted by Gasteiger charge is 2.51. The second-order valence-corrected chi connectivity index (χ2v) is 20.3. The molecule has 0 spiro atoms. The number of β-amino-alcohol motifs (C(OH)–C–C–N with tert-alkyl or cyclic N) is 1. The highest BCUT2D eigenvalue weighted by atomic mass is 32.1. The van der Waals surface area contributed by atoms with E-state index in [2.05, 4.69) is 15.6 Å². The van der Waals surface area contributed by atoms with Crippen LogP contribution in [0, 0.1) is 22.6 Å². The Bertz CT molecular complexity index is 2850. The zero-order valence-electron chi connectivity index (χ0n) is 40.1. The molecule has 0 unspecified atom stereocenters. The lowest BCUT2D eigenvalue weighted by atomic mass is 9.85. The third-order valence-electron chi connectivity index (χ3n) is 12.3. The molecule has 4 aromatic carbocycles. The number of nitriles is 1. The summed E-state index contributed by atoms with van der Waals surface area (Å²) in [6.45, 7) is 8.82. The number of aliphatic hydroxyl groups excluding tert-OH is 1. The third kappa shape index (κ3) is 11.9. The number of thiazole rings is 1. The first-order valence-electron chi connectivity index (χ1n) is 23.0. The molecule has 0 saturated carbocycles. The molecule has 20 heteroatoms. The Labute approximate surface area is 423 Å². The molecule has 0 bridgehead atoms. The number of aliphatic hydroxyl groups is 1. The molecule has 378 valence electrons. The molecule has 4 amide bonds. The van der Waals surface area contributed by atoms with Crippen molar-refractivity contribution in [2.75, 3.05) is 36.2 Å². The lowest BCUT2D eigenvalue weighted by Crippen LogP contribution is -2.58. The molecule has 0 radical (unpaired) electrons. The molecule has 2 saturated heterocycles. The first kappa shape index (κ1) is 53.0. The number of ether oxygens (including phenoxy) is 2. The maximum Gasteiger partial charge on any atom is 0.417 e. The predicted molar refractivity (Wildman–Crippen MR) is 267 cm³/mol. The number of benzene rings is 4. The summed E-state index contributed by atoms with van der Waals surface area (Å²) in [7, 11) is 0. The number of carbonyl (C=O) groups excluding carboxylic acids is 4. The van der Waals surface area contributed by atoms with Crippen LogP contribution in [0.4, 0.5) is 28.9 Å². The number of halogens is 4. The minimum absolute atomic E-state index is 0.0489. The number of thiocarbonyl (C=S) groups is 1. The van der Waals surface area contributed by atoms with E-state index in [1.807, 2.05) is 24.3 Å². The second-order valence-electron chi connectivity index (χ2n) is 19.0. The van der Waals surface area contributed by atoms with Gasteiger partial charge in [-0.1, -0.05) is 63.2 Å². The number of carbonyl (C=O) groups is 4. The summed E-state index contributed by atoms with van der Waals surface area (Å²) in [5.74, 6) is -2.24. The fraction of sp³-hybridized carbons (Fsp3) is 0.365. The van der Waals surface area contributed by atoms with Crippen molar-refractivity contribution in [2.45, 2.75) is 90.3 Å². The number of hydrogen-bond acceptors (Lipinski definition) is 11. The molecule has 5 aromatic rings. The topological polar surface area (TPSA) is 177 Å². The molecule has 2 aliphatic heterocycles. The standard InChI is InChI=1S/C52H53F4N7O7S2/c1-50(2,3)45(47(67)61-28-37(64)24-42(61)46(66)59-26-31-8-10-33(11-9-31)43-27-58-30-72-43)60-44(65)29-69-20-6-7-21-70-38-17-13-32(14-18-38)34-15-19-41(40(53)22-34)63-49(71)62(48(68)51(63,4)5)36-16-12-35(25-57)39(23-36)52(54,55)56/h8-19,22-23,27,30,37,42,45,64H,6-7,20-21,24,26,28-29H2,1-5H3,(H,59,66)(H,60,65)/t37-,42+,45-/m1/s1. The molecule has 3 heterocycles. The Morgan fingerprint density at radius 2 is 1.65 bits per heavy atom. The highest BCUT2D eigenvalue weighted by Crippen LogP contribution is 2.41. The molecule has 72 heavy (non-hydrogen) atoms. The first-order chi connectivity index (χ1) is 34.1. The van der Waals surface area contributed by atoms with Crippen molar-refractivity contribution < 1.29 is 51.3 Å². The van der Waals surface area contributed by atoms with Crippen LogP contribution in [0.2, 0.25) is 0 Å². The van der Waals surface area contributed by atoms with Crippen molar-refractivity contribution in [3.8, 4) is 33.4 Å². The Balaban J connectivity index is 0.853. The number of unbranched alkanes of at least 4 members (excludes halogenated alkanes) is 1. The van der Waals surface area contributed by atoms with E-state index in [4.69, 9.17) is 21.7 Å². The highest BCUT2D eigenvalue weighted by molar-refractivity contribution is 7.81. The monoisotopic (exact) mass is 1030 g/mol. The van der Waals surface area contributed by atoms with E-state index in [1.165, 1.54) is 59.3 Å². The van der Waals surface area contributed by atoms with Gasteiger partial charge in [0.15, 0.2) is 5.11 Å². The van der Waals surface area contributed by atoms with Crippen LogP contribution >= 0.6 is 23.6 Å². The van der Waals surface area contributed by atoms with Crippen LogP contribution in [-0.4, -0.2) is 93.8 Å². The van der Waals surface area contributed by atoms with E-state index in [9.17, 15) is 42.7 Å². The molecule has 7 rings (SSSR count). The van der Waals surface area contributed by atoms with Crippen molar-refractivity contribution in [1.29, 1.82) is 5.26 Å². The van der Waals surface area contributed by atoms with Gasteiger partial charge >= 0.3 is 6.18 Å². The normalized spacial score (nSPS) is 17.2. The van der Waals surface area contributed by atoms with Gasteiger partial charge in [-0.3, -0.25) is 29.1 Å². The summed E-state index contributed by atoms with van der Waals surface area (Å²) in [6.07, 6.45) is -2.78. The fourth-order valence-electron chi connectivity index (χ4n) is 8.48. The number of rotatable bonds is 17. The number of nitrogens with one attached hydrogen (secondary N) is 2. The number of aromatic nitrogens is 1. The molecule has 0 aliphatic carbocycles. The Morgan fingerprint density at radius 1 is 0.972 bits per heavy atom. The SMILES string of the molecule is CC(C)(C)[C@H](NC(=O)COCCCCOc1ccc(-c2ccc(N3C(=S)N(c4ccc(C#N)c(C(F)(F)F)c4)C(=O)C3(C)C)c(F)c2)cc1)C(=O)N1C[C@H](O)C[C@H]1C(=O)NCc1ccc(-c2cncs2)cc1. The lowest BCUT2D eigenvalue weighted by Gasteiger charge is -2.35. The average Bonchev–Trinajstić information content (AvgIpc) is 4.06. The van der Waals surface area contributed by atoms with E-state index in [1.54, 1.807) is 62.8 Å². The van der Waals surface area contributed by atoms with Crippen LogP contribution < -0.4 is 25.2 Å². The predicted octanol–water partition coefficient (Wildman–Crippen LogP) is 8.41. The maximum atomic E-state index is 15.9. The van der Waals surface area contributed by atoms with Gasteiger partial charge in [-0.2, -0.15) is 18.4 Å². The first-order valence-corrected chi connectivity index (χ1v) is 24.3. The third-order valence-corrected chi connectivity index (χ3v) is 13.5. The van der Waals surface area contributed by atoms with Crippen LogP contribution in [0.25, 0.3) is 21.6 Å². The largest absolute Gasteiger partial charge is 0.494 e. The average molecular weight is 1030 g/mol. The summed E-state index contributed by atoms with van der Waals surface area (Å²) in [4.78, 5) is 62.7. The number of amides is 4. The summed E-state index contributed by atoms with van der Waals surface area (Å²) in [5, 5.41) is 25.2. The van der Waals surface area contributed by atoms with Gasteiger partial charge in [0.05, 0.1) is 51.7 Å². The molecule has 1 aromatic heterocycles. The minimum Gasteiger partial charge on any atom is -0.494 e. The summed E-state index contributed by atoms with van der Waals surface area (Å²) in [5.41, 5.74) is 0.469. The van der Waals surface area contributed by atoms with Crippen LogP contribution in [0.1, 0.15) is 70.6 Å². The smallest absolute Gasteiger partial charge is 0.417 e. The van der Waals surface area contributed by atoms with Gasteiger partial charge in [0.25, 0.3) is 5.91 Å². The number of likely N-dealkylation sites (tertiary alicyclic amines) is 1. The van der Waals surface area contributed by atoms with Crippen LogP contribution in [0.3, 0.4) is 0 Å². The molecule has 2 fully saturated rings. The number of nitrogens with zero attached hydrogens (tertiary/aromatic N) is 5. The van der Waals surface area contributed by atoms with Gasteiger partial charge < -0.3 is 35.0 Å². The van der Waals surface area contributed by atoms with Crippen LogP contribution in [0.5, 0.6) is 5.75 Å². The van der Waals surface area contributed by atoms with Gasteiger partial charge in [-0.15, -0.1) is 11.3 Å². The lowest BCUT2D eigenvalue weighted by molar-refractivity contribution is -0.144. The summed E-state index contributed by atoms with van der Waals surface area (Å²) >= 11 is 7.09. The van der Waals surface area contributed by atoms with E-state index >= 15 is 4.39 Å². The van der Waals surface area contributed by atoms with Gasteiger partial charge in [0.1, 0.15) is 35.8 Å². The molecular weight excluding hydrogens is 975 g/mol.